The summed E-state index contributed by atoms with van der Waals surface area (Å²) in [6, 6.07) is 3.97. The van der Waals surface area contributed by atoms with Crippen molar-refractivity contribution in [1.82, 2.24) is 15.5 Å². The Morgan fingerprint density at radius 2 is 1.97 bits per heavy atom. The zero-order valence-corrected chi connectivity index (χ0v) is 18.2. The number of morpholine rings is 1. The molecule has 30 heavy (non-hydrogen) atoms. The van der Waals surface area contributed by atoms with Gasteiger partial charge in [0.2, 0.25) is 0 Å². The number of aliphatic imine (C=N–C) groups is 1. The number of nitrogens with one attached hydrogen (secondary N) is 2. The molecule has 0 spiro atoms. The molecule has 7 nitrogen and oxygen atoms in total. The van der Waals surface area contributed by atoms with E-state index in [0.29, 0.717) is 5.92 Å². The number of furan rings is 1. The zero-order valence-electron chi connectivity index (χ0n) is 18.2. The fourth-order valence-corrected chi connectivity index (χ4v) is 4.97. The average molecular weight is 419 g/mol. The maximum Gasteiger partial charge on any atom is 0.191 e. The van der Waals surface area contributed by atoms with E-state index < -0.39 is 0 Å². The van der Waals surface area contributed by atoms with Crippen LogP contribution in [-0.4, -0.2) is 75.5 Å². The third-order valence-electron chi connectivity index (χ3n) is 6.82. The Kier molecular flexibility index (Phi) is 8.06. The molecule has 1 atom stereocenters. The van der Waals surface area contributed by atoms with Crippen molar-refractivity contribution in [3.05, 3.63) is 24.2 Å². The number of guanidine groups is 1. The average Bonchev–Trinajstić information content (AvgIpc) is 3.51. The monoisotopic (exact) mass is 418 g/mol. The summed E-state index contributed by atoms with van der Waals surface area (Å²) in [6.45, 7) is 8.06. The summed E-state index contributed by atoms with van der Waals surface area (Å²) in [7, 11) is 0. The third kappa shape index (κ3) is 5.99. The maximum atomic E-state index is 5.62. The zero-order chi connectivity index (χ0) is 20.5. The number of nitrogens with zero attached hydrogens (tertiary/aromatic N) is 2. The highest BCUT2D eigenvalue weighted by molar-refractivity contribution is 5.79. The molecule has 1 aromatic heterocycles. The van der Waals surface area contributed by atoms with E-state index in [-0.39, 0.29) is 5.54 Å². The fourth-order valence-electron chi connectivity index (χ4n) is 4.97. The summed E-state index contributed by atoms with van der Waals surface area (Å²) in [5.74, 6) is 2.50. The van der Waals surface area contributed by atoms with Crippen molar-refractivity contribution in [1.29, 1.82) is 0 Å². The third-order valence-corrected chi connectivity index (χ3v) is 6.82. The fraction of sp³-hybridized carbons (Fsp3) is 0.783. The first-order valence-electron chi connectivity index (χ1n) is 11.8. The smallest absolute Gasteiger partial charge is 0.191 e. The van der Waals surface area contributed by atoms with E-state index in [0.717, 1.165) is 83.7 Å². The predicted molar refractivity (Wildman–Crippen MR) is 118 cm³/mol. The van der Waals surface area contributed by atoms with Crippen LogP contribution >= 0.6 is 0 Å². The molecule has 1 saturated carbocycles. The molecule has 0 aromatic carbocycles. The molecule has 3 fully saturated rings. The molecule has 2 aliphatic heterocycles. The van der Waals surface area contributed by atoms with Gasteiger partial charge in [0.05, 0.1) is 32.6 Å². The van der Waals surface area contributed by atoms with Crippen LogP contribution in [0.3, 0.4) is 0 Å². The van der Waals surface area contributed by atoms with Gasteiger partial charge in [-0.15, -0.1) is 0 Å². The molecule has 168 valence electrons. The lowest BCUT2D eigenvalue weighted by Gasteiger charge is -2.47. The molecule has 2 N–H and O–H groups in total. The van der Waals surface area contributed by atoms with Gasteiger partial charge in [0, 0.05) is 50.7 Å². The van der Waals surface area contributed by atoms with Crippen molar-refractivity contribution < 1.29 is 13.9 Å². The van der Waals surface area contributed by atoms with E-state index in [2.05, 4.69) is 15.5 Å². The van der Waals surface area contributed by atoms with Gasteiger partial charge >= 0.3 is 0 Å². The van der Waals surface area contributed by atoms with Crippen LogP contribution < -0.4 is 10.6 Å². The van der Waals surface area contributed by atoms with E-state index >= 15 is 0 Å². The largest absolute Gasteiger partial charge is 0.469 e. The quantitative estimate of drug-likeness (QED) is 0.499. The summed E-state index contributed by atoms with van der Waals surface area (Å²) >= 11 is 0. The second kappa shape index (κ2) is 11.2. The van der Waals surface area contributed by atoms with Crippen LogP contribution in [0.4, 0.5) is 0 Å². The second-order valence-corrected chi connectivity index (χ2v) is 8.92. The summed E-state index contributed by atoms with van der Waals surface area (Å²) < 4.78 is 16.6. The molecule has 3 aliphatic rings. The molecule has 7 heteroatoms. The summed E-state index contributed by atoms with van der Waals surface area (Å²) in [6.07, 6.45) is 10.2. The van der Waals surface area contributed by atoms with Crippen molar-refractivity contribution in [2.45, 2.75) is 50.5 Å². The Morgan fingerprint density at radius 1 is 1.10 bits per heavy atom. The second-order valence-electron chi connectivity index (χ2n) is 8.92. The van der Waals surface area contributed by atoms with E-state index in [1.54, 1.807) is 6.26 Å². The molecule has 3 heterocycles. The van der Waals surface area contributed by atoms with Crippen molar-refractivity contribution in [2.75, 3.05) is 59.2 Å². The molecule has 1 unspecified atom stereocenters. The number of ether oxygens (including phenoxy) is 2. The van der Waals surface area contributed by atoms with Crippen molar-refractivity contribution in [2.24, 2.45) is 10.9 Å². The van der Waals surface area contributed by atoms with Crippen LogP contribution in [0, 0.1) is 5.92 Å². The molecular weight excluding hydrogens is 380 g/mol. The van der Waals surface area contributed by atoms with E-state index in [4.69, 9.17) is 18.9 Å². The molecule has 0 radical (unpaired) electrons. The molecule has 4 rings (SSSR count). The highest BCUT2D eigenvalue weighted by Crippen LogP contribution is 2.34. The van der Waals surface area contributed by atoms with Crippen molar-refractivity contribution in [3.8, 4) is 0 Å². The minimum Gasteiger partial charge on any atom is -0.469 e. The molecule has 0 bridgehead atoms. The van der Waals surface area contributed by atoms with Gasteiger partial charge in [-0.3, -0.25) is 9.89 Å². The van der Waals surface area contributed by atoms with Gasteiger partial charge in [-0.1, -0.05) is 19.3 Å². The van der Waals surface area contributed by atoms with Gasteiger partial charge < -0.3 is 24.5 Å². The van der Waals surface area contributed by atoms with E-state index in [1.807, 2.05) is 12.1 Å². The van der Waals surface area contributed by atoms with Crippen molar-refractivity contribution >= 4 is 5.96 Å². The first-order valence-corrected chi connectivity index (χ1v) is 11.8. The molecule has 2 saturated heterocycles. The van der Waals surface area contributed by atoms with Gasteiger partial charge in [0.25, 0.3) is 0 Å². The van der Waals surface area contributed by atoms with Crippen LogP contribution in [0.2, 0.25) is 0 Å². The Morgan fingerprint density at radius 3 is 2.70 bits per heavy atom. The lowest BCUT2D eigenvalue weighted by Crippen LogP contribution is -2.56. The standard InChI is InChI=1S/C23H38N4O3/c1-2-8-23(9-3-1,27-11-15-28-16-12-27)19-26-22(25-17-20-7-14-29-18-20)24-10-6-21-5-4-13-30-21/h4-5,13,20H,1-3,6-12,14-19H2,(H2,24,25,26). The lowest BCUT2D eigenvalue weighted by atomic mass is 9.80. The Hall–Kier alpha value is -1.57. The summed E-state index contributed by atoms with van der Waals surface area (Å²) in [5, 5.41) is 7.12. The van der Waals surface area contributed by atoms with Gasteiger partial charge in [0.1, 0.15) is 5.76 Å². The molecule has 1 aromatic rings. The van der Waals surface area contributed by atoms with Crippen LogP contribution in [0.25, 0.3) is 0 Å². The SMILES string of the molecule is c1coc(CCNC(=NCC2(N3CCOCC3)CCCCC2)NCC2CCOC2)c1. The van der Waals surface area contributed by atoms with Gasteiger partial charge in [0.15, 0.2) is 5.96 Å². The highest BCUT2D eigenvalue weighted by atomic mass is 16.5. The van der Waals surface area contributed by atoms with Crippen LogP contribution in [0.15, 0.2) is 27.8 Å². The highest BCUT2D eigenvalue weighted by Gasteiger charge is 2.38. The van der Waals surface area contributed by atoms with Crippen molar-refractivity contribution in [3.63, 3.8) is 0 Å². The van der Waals surface area contributed by atoms with Gasteiger partial charge in [-0.25, -0.2) is 0 Å². The lowest BCUT2D eigenvalue weighted by molar-refractivity contribution is -0.0333. The normalized spacial score (nSPS) is 25.3. The number of hydrogen-bond donors (Lipinski definition) is 2. The predicted octanol–water partition coefficient (Wildman–Crippen LogP) is 2.43. The Labute approximate surface area is 180 Å². The Bertz CT molecular complexity index is 631. The molecule has 1 aliphatic carbocycles. The van der Waals surface area contributed by atoms with Gasteiger partial charge in [-0.2, -0.15) is 0 Å². The van der Waals surface area contributed by atoms with Gasteiger partial charge in [-0.05, 0) is 31.4 Å². The minimum atomic E-state index is 0.189. The Balaban J connectivity index is 1.39. The van der Waals surface area contributed by atoms with Crippen LogP contribution in [-0.2, 0) is 15.9 Å². The van der Waals surface area contributed by atoms with Crippen LogP contribution in [0.1, 0.15) is 44.3 Å². The topological polar surface area (TPSA) is 71.3 Å². The first-order chi connectivity index (χ1) is 14.8. The minimum absolute atomic E-state index is 0.189. The number of hydrogen-bond acceptors (Lipinski definition) is 5. The first kappa shape index (κ1) is 21.7. The summed E-state index contributed by atoms with van der Waals surface area (Å²) in [5.41, 5.74) is 0.189. The molecule has 0 amide bonds. The summed E-state index contributed by atoms with van der Waals surface area (Å²) in [4.78, 5) is 7.77. The maximum absolute atomic E-state index is 5.62. The number of rotatable bonds is 8. The van der Waals surface area contributed by atoms with E-state index in [1.165, 1.54) is 32.1 Å². The molecular formula is C23H38N4O3. The van der Waals surface area contributed by atoms with Crippen LogP contribution in [0.5, 0.6) is 0 Å². The van der Waals surface area contributed by atoms with E-state index in [9.17, 15) is 0 Å².